The zero-order valence-corrected chi connectivity index (χ0v) is 11.5. The number of halogens is 3. The Labute approximate surface area is 119 Å². The highest BCUT2D eigenvalue weighted by molar-refractivity contribution is 5.80. The fraction of sp³-hybridized carbons (Fsp3) is 0.692. The highest BCUT2D eigenvalue weighted by Crippen LogP contribution is 2.31. The molecule has 1 saturated carbocycles. The predicted molar refractivity (Wildman–Crippen MR) is 68.4 cm³/mol. The molecule has 1 aliphatic heterocycles. The van der Waals surface area contributed by atoms with E-state index in [0.29, 0.717) is 30.9 Å². The molecule has 116 valence electrons. The number of aromatic nitrogens is 2. The molecule has 3 rings (SSSR count). The standard InChI is InChI=1S/C13H17F3N4O/c14-13(15,16)12-19-9-7-17-4-3-10(9)20(12)6-5-18-11(21)8-1-2-8/h8,17H,1-7H2,(H,18,21). The maximum absolute atomic E-state index is 13.1. The van der Waals surface area contributed by atoms with E-state index in [0.717, 1.165) is 12.8 Å². The first-order valence-corrected chi connectivity index (χ1v) is 7.10. The minimum Gasteiger partial charge on any atom is -0.354 e. The van der Waals surface area contributed by atoms with Gasteiger partial charge in [-0.2, -0.15) is 13.2 Å². The number of alkyl halides is 3. The molecule has 1 aliphatic carbocycles. The quantitative estimate of drug-likeness (QED) is 0.875. The Kier molecular flexibility index (Phi) is 3.64. The van der Waals surface area contributed by atoms with Gasteiger partial charge in [-0.15, -0.1) is 0 Å². The minimum atomic E-state index is -4.47. The topological polar surface area (TPSA) is 59.0 Å². The van der Waals surface area contributed by atoms with Gasteiger partial charge in [0, 0.05) is 44.2 Å². The summed E-state index contributed by atoms with van der Waals surface area (Å²) < 4.78 is 40.4. The Hall–Kier alpha value is -1.57. The van der Waals surface area contributed by atoms with Crippen molar-refractivity contribution in [3.05, 3.63) is 17.2 Å². The van der Waals surface area contributed by atoms with Crippen molar-refractivity contribution in [2.75, 3.05) is 13.1 Å². The number of amides is 1. The van der Waals surface area contributed by atoms with Crippen molar-refractivity contribution < 1.29 is 18.0 Å². The molecule has 0 saturated heterocycles. The molecule has 5 nitrogen and oxygen atoms in total. The summed E-state index contributed by atoms with van der Waals surface area (Å²) in [4.78, 5) is 15.3. The largest absolute Gasteiger partial charge is 0.449 e. The van der Waals surface area contributed by atoms with Crippen molar-refractivity contribution in [1.82, 2.24) is 20.2 Å². The summed E-state index contributed by atoms with van der Waals surface area (Å²) in [5, 5.41) is 5.72. The molecule has 1 aromatic rings. The van der Waals surface area contributed by atoms with Gasteiger partial charge in [-0.05, 0) is 12.8 Å². The van der Waals surface area contributed by atoms with Crippen LogP contribution in [-0.4, -0.2) is 28.5 Å². The van der Waals surface area contributed by atoms with Gasteiger partial charge in [-0.25, -0.2) is 4.98 Å². The molecule has 0 radical (unpaired) electrons. The number of hydrogen-bond donors (Lipinski definition) is 2. The average molecular weight is 302 g/mol. The first-order chi connectivity index (χ1) is 9.97. The van der Waals surface area contributed by atoms with E-state index in [4.69, 9.17) is 0 Å². The Balaban J connectivity index is 1.75. The van der Waals surface area contributed by atoms with Gasteiger partial charge < -0.3 is 15.2 Å². The second-order valence-electron chi connectivity index (χ2n) is 5.47. The van der Waals surface area contributed by atoms with Gasteiger partial charge in [-0.1, -0.05) is 0 Å². The van der Waals surface area contributed by atoms with E-state index < -0.39 is 12.0 Å². The highest BCUT2D eigenvalue weighted by atomic mass is 19.4. The van der Waals surface area contributed by atoms with Gasteiger partial charge in [-0.3, -0.25) is 4.79 Å². The Morgan fingerprint density at radius 3 is 2.86 bits per heavy atom. The van der Waals surface area contributed by atoms with Crippen LogP contribution < -0.4 is 10.6 Å². The molecular weight excluding hydrogens is 285 g/mol. The number of nitrogens with zero attached hydrogens (tertiary/aromatic N) is 2. The van der Waals surface area contributed by atoms with E-state index in [1.165, 1.54) is 4.57 Å². The third-order valence-electron chi connectivity index (χ3n) is 3.82. The number of nitrogens with one attached hydrogen (secondary N) is 2. The highest BCUT2D eigenvalue weighted by Gasteiger charge is 2.39. The maximum Gasteiger partial charge on any atom is 0.449 e. The molecular formula is C13H17F3N4O. The summed E-state index contributed by atoms with van der Waals surface area (Å²) in [7, 11) is 0. The zero-order valence-electron chi connectivity index (χ0n) is 11.5. The van der Waals surface area contributed by atoms with Crippen molar-refractivity contribution >= 4 is 5.91 Å². The molecule has 0 atom stereocenters. The van der Waals surface area contributed by atoms with Crippen LogP contribution in [0, 0.1) is 5.92 Å². The molecule has 2 heterocycles. The normalized spacial score (nSPS) is 18.4. The predicted octanol–water partition coefficient (Wildman–Crippen LogP) is 1.07. The fourth-order valence-corrected chi connectivity index (χ4v) is 2.61. The van der Waals surface area contributed by atoms with Gasteiger partial charge in [0.2, 0.25) is 11.7 Å². The van der Waals surface area contributed by atoms with Crippen LogP contribution in [0.15, 0.2) is 0 Å². The van der Waals surface area contributed by atoms with Crippen molar-refractivity contribution in [1.29, 1.82) is 0 Å². The summed E-state index contributed by atoms with van der Waals surface area (Å²) in [5.74, 6) is -0.857. The number of hydrogen-bond acceptors (Lipinski definition) is 3. The number of carbonyl (C=O) groups is 1. The Morgan fingerprint density at radius 2 is 2.19 bits per heavy atom. The van der Waals surface area contributed by atoms with E-state index in [-0.39, 0.29) is 24.9 Å². The van der Waals surface area contributed by atoms with E-state index in [2.05, 4.69) is 15.6 Å². The molecule has 21 heavy (non-hydrogen) atoms. The van der Waals surface area contributed by atoms with E-state index in [9.17, 15) is 18.0 Å². The van der Waals surface area contributed by atoms with Crippen LogP contribution in [0.2, 0.25) is 0 Å². The summed E-state index contributed by atoms with van der Waals surface area (Å²) >= 11 is 0. The van der Waals surface area contributed by atoms with Crippen LogP contribution in [0.3, 0.4) is 0 Å². The number of carbonyl (C=O) groups excluding carboxylic acids is 1. The molecule has 2 aliphatic rings. The Morgan fingerprint density at radius 1 is 1.43 bits per heavy atom. The third kappa shape index (κ3) is 3.04. The van der Waals surface area contributed by atoms with Crippen LogP contribution in [0.1, 0.15) is 30.1 Å². The smallest absolute Gasteiger partial charge is 0.354 e. The second-order valence-corrected chi connectivity index (χ2v) is 5.47. The number of imidazole rings is 1. The van der Waals surface area contributed by atoms with Gasteiger partial charge >= 0.3 is 6.18 Å². The summed E-state index contributed by atoms with van der Waals surface area (Å²) in [6.45, 7) is 1.31. The fourth-order valence-electron chi connectivity index (χ4n) is 2.61. The average Bonchev–Trinajstić information content (AvgIpc) is 3.20. The van der Waals surface area contributed by atoms with E-state index in [1.54, 1.807) is 0 Å². The van der Waals surface area contributed by atoms with Crippen molar-refractivity contribution in [3.8, 4) is 0 Å². The van der Waals surface area contributed by atoms with Crippen LogP contribution in [0.25, 0.3) is 0 Å². The number of fused-ring (bicyclic) bond motifs is 1. The lowest BCUT2D eigenvalue weighted by atomic mass is 10.2. The Bertz CT molecular complexity index is 548. The zero-order chi connectivity index (χ0) is 15.0. The van der Waals surface area contributed by atoms with Crippen molar-refractivity contribution in [3.63, 3.8) is 0 Å². The lowest BCUT2D eigenvalue weighted by Crippen LogP contribution is -2.31. The van der Waals surface area contributed by atoms with Crippen LogP contribution in [-0.2, 0) is 30.5 Å². The summed E-state index contributed by atoms with van der Waals surface area (Å²) in [6, 6.07) is 0. The van der Waals surface area contributed by atoms with Gasteiger partial charge in [0.15, 0.2) is 0 Å². The van der Waals surface area contributed by atoms with Crippen LogP contribution >= 0.6 is 0 Å². The lowest BCUT2D eigenvalue weighted by molar-refractivity contribution is -0.147. The maximum atomic E-state index is 13.1. The van der Waals surface area contributed by atoms with E-state index >= 15 is 0 Å². The molecule has 1 aromatic heterocycles. The first kappa shape index (κ1) is 14.4. The molecule has 1 amide bonds. The monoisotopic (exact) mass is 302 g/mol. The molecule has 0 aromatic carbocycles. The SMILES string of the molecule is O=C(NCCn1c(C(F)(F)F)nc2c1CCNC2)C1CC1. The first-order valence-electron chi connectivity index (χ1n) is 7.10. The molecule has 8 heteroatoms. The van der Waals surface area contributed by atoms with Crippen molar-refractivity contribution in [2.24, 2.45) is 5.92 Å². The van der Waals surface area contributed by atoms with Crippen LogP contribution in [0.5, 0.6) is 0 Å². The minimum absolute atomic E-state index is 0.0563. The summed E-state index contributed by atoms with van der Waals surface area (Å²) in [6.07, 6.45) is -2.19. The molecule has 0 bridgehead atoms. The van der Waals surface area contributed by atoms with E-state index in [1.807, 2.05) is 0 Å². The van der Waals surface area contributed by atoms with Crippen LogP contribution in [0.4, 0.5) is 13.2 Å². The third-order valence-corrected chi connectivity index (χ3v) is 3.82. The second kappa shape index (κ2) is 5.32. The molecule has 0 spiro atoms. The number of rotatable bonds is 4. The van der Waals surface area contributed by atoms with Gasteiger partial charge in [0.25, 0.3) is 0 Å². The summed E-state index contributed by atoms with van der Waals surface area (Å²) in [5.41, 5.74) is 1.09. The van der Waals surface area contributed by atoms with Gasteiger partial charge in [0.1, 0.15) is 0 Å². The molecule has 0 unspecified atom stereocenters. The molecule has 2 N–H and O–H groups in total. The lowest BCUT2D eigenvalue weighted by Gasteiger charge is -2.17. The molecule has 1 fully saturated rings. The van der Waals surface area contributed by atoms with Crippen molar-refractivity contribution in [2.45, 2.75) is 38.5 Å². The van der Waals surface area contributed by atoms with Gasteiger partial charge in [0.05, 0.1) is 5.69 Å².